The van der Waals surface area contributed by atoms with Crippen LogP contribution in [0.4, 0.5) is 5.69 Å². The largest absolute Gasteiger partial charge is 0.399 e. The molecule has 1 aromatic carbocycles. The van der Waals surface area contributed by atoms with Crippen LogP contribution in [-0.4, -0.2) is 30.4 Å². The lowest BCUT2D eigenvalue weighted by Crippen LogP contribution is -2.36. The number of nitrogens with two attached hydrogens (primary N) is 1. The first-order chi connectivity index (χ1) is 11.1. The highest BCUT2D eigenvalue weighted by Crippen LogP contribution is 2.28. The third-order valence-electron chi connectivity index (χ3n) is 4.42. The SMILES string of the molecule is Cc1ccc(N)cc1C(=O)NCC(c1cccs1)N1CCCC1. The van der Waals surface area contributed by atoms with E-state index in [0.29, 0.717) is 17.8 Å². The third kappa shape index (κ3) is 3.74. The average Bonchev–Trinajstić information content (AvgIpc) is 3.23. The van der Waals surface area contributed by atoms with Crippen LogP contribution in [0.15, 0.2) is 35.7 Å². The molecule has 1 aliphatic heterocycles. The number of anilines is 1. The van der Waals surface area contributed by atoms with E-state index in [1.807, 2.05) is 19.1 Å². The summed E-state index contributed by atoms with van der Waals surface area (Å²) in [6, 6.07) is 9.97. The van der Waals surface area contributed by atoms with Crippen molar-refractivity contribution in [2.45, 2.75) is 25.8 Å². The fraction of sp³-hybridized carbons (Fsp3) is 0.389. The maximum atomic E-state index is 12.5. The van der Waals surface area contributed by atoms with E-state index < -0.39 is 0 Å². The Morgan fingerprint density at radius 1 is 1.35 bits per heavy atom. The Morgan fingerprint density at radius 3 is 2.83 bits per heavy atom. The minimum Gasteiger partial charge on any atom is -0.399 e. The monoisotopic (exact) mass is 329 g/mol. The molecule has 0 spiro atoms. The molecule has 5 heteroatoms. The van der Waals surface area contributed by atoms with E-state index >= 15 is 0 Å². The second-order valence-electron chi connectivity index (χ2n) is 6.06. The summed E-state index contributed by atoms with van der Waals surface area (Å²) in [4.78, 5) is 16.3. The van der Waals surface area contributed by atoms with Crippen LogP contribution in [0.2, 0.25) is 0 Å². The molecule has 1 unspecified atom stereocenters. The van der Waals surface area contributed by atoms with Crippen molar-refractivity contribution < 1.29 is 4.79 Å². The van der Waals surface area contributed by atoms with Crippen LogP contribution in [0.25, 0.3) is 0 Å². The topological polar surface area (TPSA) is 58.4 Å². The second-order valence-corrected chi connectivity index (χ2v) is 7.04. The summed E-state index contributed by atoms with van der Waals surface area (Å²) >= 11 is 1.76. The van der Waals surface area contributed by atoms with Crippen LogP contribution in [0.5, 0.6) is 0 Å². The summed E-state index contributed by atoms with van der Waals surface area (Å²) in [5.74, 6) is -0.0458. The van der Waals surface area contributed by atoms with Crippen molar-refractivity contribution in [3.8, 4) is 0 Å². The Kier molecular flexibility index (Phi) is 4.98. The van der Waals surface area contributed by atoms with Crippen molar-refractivity contribution in [2.24, 2.45) is 0 Å². The van der Waals surface area contributed by atoms with Gasteiger partial charge in [-0.05, 0) is 62.0 Å². The Labute approximate surface area is 141 Å². The minimum absolute atomic E-state index is 0.0458. The number of thiophene rings is 1. The van der Waals surface area contributed by atoms with Gasteiger partial charge in [0.25, 0.3) is 5.91 Å². The van der Waals surface area contributed by atoms with Crippen LogP contribution in [-0.2, 0) is 0 Å². The molecular weight excluding hydrogens is 306 g/mol. The molecule has 1 saturated heterocycles. The van der Waals surface area contributed by atoms with Crippen LogP contribution in [0, 0.1) is 6.92 Å². The van der Waals surface area contributed by atoms with E-state index in [4.69, 9.17) is 5.73 Å². The zero-order valence-electron chi connectivity index (χ0n) is 13.4. The Morgan fingerprint density at radius 2 is 2.13 bits per heavy atom. The Bertz CT molecular complexity index is 663. The van der Waals surface area contributed by atoms with Gasteiger partial charge >= 0.3 is 0 Å². The summed E-state index contributed by atoms with van der Waals surface area (Å²) in [6.45, 7) is 4.78. The van der Waals surface area contributed by atoms with Gasteiger partial charge in [0.15, 0.2) is 0 Å². The van der Waals surface area contributed by atoms with Gasteiger partial charge in [0.2, 0.25) is 0 Å². The van der Waals surface area contributed by atoms with Crippen molar-refractivity contribution in [2.75, 3.05) is 25.4 Å². The maximum Gasteiger partial charge on any atom is 0.251 e. The second kappa shape index (κ2) is 7.15. The highest BCUT2D eigenvalue weighted by atomic mass is 32.1. The van der Waals surface area contributed by atoms with Gasteiger partial charge in [0, 0.05) is 22.7 Å². The van der Waals surface area contributed by atoms with E-state index in [0.717, 1.165) is 18.7 Å². The average molecular weight is 329 g/mol. The van der Waals surface area contributed by atoms with E-state index in [1.165, 1.54) is 17.7 Å². The number of nitrogens with one attached hydrogen (secondary N) is 1. The summed E-state index contributed by atoms with van der Waals surface area (Å²) in [6.07, 6.45) is 2.48. The van der Waals surface area contributed by atoms with Crippen molar-refractivity contribution in [3.05, 3.63) is 51.7 Å². The normalized spacial score (nSPS) is 16.4. The number of aryl methyl sites for hydroxylation is 1. The number of hydrogen-bond donors (Lipinski definition) is 2. The molecule has 1 aliphatic rings. The lowest BCUT2D eigenvalue weighted by molar-refractivity contribution is 0.0938. The molecule has 2 heterocycles. The van der Waals surface area contributed by atoms with Crippen LogP contribution >= 0.6 is 11.3 Å². The first kappa shape index (κ1) is 16.0. The number of carbonyl (C=O) groups is 1. The van der Waals surface area contributed by atoms with Gasteiger partial charge in [-0.15, -0.1) is 11.3 Å². The number of amides is 1. The molecule has 1 fully saturated rings. The smallest absolute Gasteiger partial charge is 0.251 e. The number of nitrogens with zero attached hydrogens (tertiary/aromatic N) is 1. The predicted octanol–water partition coefficient (Wildman–Crippen LogP) is 3.21. The molecule has 1 aromatic heterocycles. The molecule has 2 aromatic rings. The van der Waals surface area contributed by atoms with Crippen molar-refractivity contribution in [3.63, 3.8) is 0 Å². The molecule has 0 saturated carbocycles. The molecule has 1 atom stereocenters. The molecule has 0 bridgehead atoms. The lowest BCUT2D eigenvalue weighted by Gasteiger charge is -2.27. The van der Waals surface area contributed by atoms with E-state index in [2.05, 4.69) is 27.7 Å². The molecule has 122 valence electrons. The standard InChI is InChI=1S/C18H23N3OS/c1-13-6-7-14(19)11-15(13)18(22)20-12-16(17-5-4-10-23-17)21-8-2-3-9-21/h4-7,10-11,16H,2-3,8-9,12,19H2,1H3,(H,20,22). The maximum absolute atomic E-state index is 12.5. The number of hydrogen-bond acceptors (Lipinski definition) is 4. The molecule has 23 heavy (non-hydrogen) atoms. The molecule has 0 aliphatic carbocycles. The zero-order chi connectivity index (χ0) is 16.2. The molecule has 0 radical (unpaired) electrons. The predicted molar refractivity (Wildman–Crippen MR) is 95.8 cm³/mol. The van der Waals surface area contributed by atoms with Gasteiger partial charge in [-0.2, -0.15) is 0 Å². The van der Waals surface area contributed by atoms with Gasteiger partial charge in [0.05, 0.1) is 6.04 Å². The van der Waals surface area contributed by atoms with Gasteiger partial charge in [-0.1, -0.05) is 12.1 Å². The molecule has 3 rings (SSSR count). The fourth-order valence-corrected chi connectivity index (χ4v) is 3.97. The number of benzene rings is 1. The fourth-order valence-electron chi connectivity index (χ4n) is 3.11. The van der Waals surface area contributed by atoms with Crippen LogP contribution in [0.3, 0.4) is 0 Å². The molecule has 3 N–H and O–H groups in total. The lowest BCUT2D eigenvalue weighted by atomic mass is 10.1. The number of carbonyl (C=O) groups excluding carboxylic acids is 1. The zero-order valence-corrected chi connectivity index (χ0v) is 14.2. The Hall–Kier alpha value is -1.85. The van der Waals surface area contributed by atoms with Gasteiger partial charge in [0.1, 0.15) is 0 Å². The van der Waals surface area contributed by atoms with Crippen molar-refractivity contribution in [1.29, 1.82) is 0 Å². The summed E-state index contributed by atoms with van der Waals surface area (Å²) in [5.41, 5.74) is 8.04. The highest BCUT2D eigenvalue weighted by Gasteiger charge is 2.25. The summed E-state index contributed by atoms with van der Waals surface area (Å²) < 4.78 is 0. The third-order valence-corrected chi connectivity index (χ3v) is 5.39. The number of rotatable bonds is 5. The van der Waals surface area contributed by atoms with E-state index in [1.54, 1.807) is 17.4 Å². The van der Waals surface area contributed by atoms with E-state index in [-0.39, 0.29) is 11.9 Å². The van der Waals surface area contributed by atoms with Crippen LogP contribution < -0.4 is 11.1 Å². The first-order valence-corrected chi connectivity index (χ1v) is 8.95. The first-order valence-electron chi connectivity index (χ1n) is 8.07. The summed E-state index contributed by atoms with van der Waals surface area (Å²) in [5, 5.41) is 5.20. The Balaban J connectivity index is 1.71. The van der Waals surface area contributed by atoms with Gasteiger partial charge < -0.3 is 11.1 Å². The van der Waals surface area contributed by atoms with Crippen molar-refractivity contribution >= 4 is 22.9 Å². The van der Waals surface area contributed by atoms with Crippen LogP contribution in [0.1, 0.15) is 39.7 Å². The van der Waals surface area contributed by atoms with E-state index in [9.17, 15) is 4.79 Å². The molecule has 1 amide bonds. The quantitative estimate of drug-likeness (QED) is 0.828. The van der Waals surface area contributed by atoms with Crippen molar-refractivity contribution in [1.82, 2.24) is 10.2 Å². The number of nitrogen functional groups attached to an aromatic ring is 1. The van der Waals surface area contributed by atoms with Gasteiger partial charge in [-0.3, -0.25) is 9.69 Å². The summed E-state index contributed by atoms with van der Waals surface area (Å²) in [7, 11) is 0. The molecule has 4 nitrogen and oxygen atoms in total. The highest BCUT2D eigenvalue weighted by molar-refractivity contribution is 7.10. The minimum atomic E-state index is -0.0458. The number of likely N-dealkylation sites (tertiary alicyclic amines) is 1. The van der Waals surface area contributed by atoms with Gasteiger partial charge in [-0.25, -0.2) is 0 Å². The molecular formula is C18H23N3OS.